The third-order valence-corrected chi connectivity index (χ3v) is 10.2. The first-order chi connectivity index (χ1) is 29.1. The summed E-state index contributed by atoms with van der Waals surface area (Å²) in [4.78, 5) is 13.0. The van der Waals surface area contributed by atoms with Crippen molar-refractivity contribution in [3.8, 4) is 5.75 Å². The molecule has 8 nitrogen and oxygen atoms in total. The fourth-order valence-electron chi connectivity index (χ4n) is 7.20. The fraction of sp³-hybridized carbons (Fsp3) is 0.275. The van der Waals surface area contributed by atoms with Gasteiger partial charge in [-0.2, -0.15) is 0 Å². The van der Waals surface area contributed by atoms with E-state index in [-0.39, 0.29) is 13.2 Å². The van der Waals surface area contributed by atoms with E-state index in [9.17, 15) is 4.79 Å². The van der Waals surface area contributed by atoms with Crippen molar-refractivity contribution in [2.24, 2.45) is 0 Å². The highest BCUT2D eigenvalue weighted by Crippen LogP contribution is 2.35. The molecular weight excluding hydrogens is 741 g/mol. The van der Waals surface area contributed by atoms with Crippen molar-refractivity contribution in [3.05, 3.63) is 209 Å². The van der Waals surface area contributed by atoms with Crippen LogP contribution in [-0.2, 0) is 67.9 Å². The van der Waals surface area contributed by atoms with Crippen molar-refractivity contribution in [1.29, 1.82) is 0 Å². The summed E-state index contributed by atoms with van der Waals surface area (Å²) in [5.41, 5.74) is 6.40. The summed E-state index contributed by atoms with van der Waals surface area (Å²) in [7, 11) is 0. The molecule has 0 saturated carbocycles. The highest BCUT2D eigenvalue weighted by atomic mass is 16.6. The van der Waals surface area contributed by atoms with E-state index < -0.39 is 36.5 Å². The van der Waals surface area contributed by atoms with Crippen LogP contribution in [0.2, 0.25) is 0 Å². The molecule has 0 aromatic heterocycles. The predicted octanol–water partition coefficient (Wildman–Crippen LogP) is 9.73. The zero-order valence-corrected chi connectivity index (χ0v) is 33.5. The van der Waals surface area contributed by atoms with Crippen LogP contribution in [0.3, 0.4) is 0 Å². The van der Waals surface area contributed by atoms with E-state index in [0.717, 1.165) is 33.4 Å². The average Bonchev–Trinajstić information content (AvgIpc) is 3.29. The van der Waals surface area contributed by atoms with E-state index in [2.05, 4.69) is 12.1 Å². The molecule has 0 aliphatic carbocycles. The van der Waals surface area contributed by atoms with Crippen molar-refractivity contribution in [3.63, 3.8) is 0 Å². The molecule has 0 N–H and O–H groups in total. The Kier molecular flexibility index (Phi) is 15.5. The maximum atomic E-state index is 13.0. The molecule has 304 valence electrons. The largest absolute Gasteiger partial charge is 0.489 e. The van der Waals surface area contributed by atoms with E-state index >= 15 is 0 Å². The summed E-state index contributed by atoms with van der Waals surface area (Å²) in [6.07, 6.45) is -2.40. The summed E-state index contributed by atoms with van der Waals surface area (Å²) in [5.74, 6) is 0.149. The van der Waals surface area contributed by atoms with Gasteiger partial charge in [0.1, 0.15) is 36.8 Å². The second-order valence-corrected chi connectivity index (χ2v) is 14.5. The Hall–Kier alpha value is -5.61. The van der Waals surface area contributed by atoms with Gasteiger partial charge in [0.15, 0.2) is 0 Å². The molecule has 0 amide bonds. The standard InChI is InChI=1S/C51H52O8/c1-2-54-51(52)44-29-28-43(45(31-44)55-33-39-20-10-4-11-21-39)30-46-48(56-34-40-22-12-5-13-23-40)50(58-36-42-26-16-7-17-27-42)49(57-35-41-24-14-6-15-25-41)47(59-46)37-53-32-38-18-8-3-9-19-38/h3-29,31,46-50H,2,30,32-37H2,1H3/t46-,47-,48+,49-,50-/m1/s1. The number of carbonyl (C=O) groups excluding carboxylic acids is 1. The van der Waals surface area contributed by atoms with Gasteiger partial charge in [0, 0.05) is 6.42 Å². The van der Waals surface area contributed by atoms with Crippen LogP contribution in [-0.4, -0.2) is 49.7 Å². The minimum absolute atomic E-state index is 0.251. The van der Waals surface area contributed by atoms with Gasteiger partial charge in [0.25, 0.3) is 0 Å². The predicted molar refractivity (Wildman–Crippen MR) is 227 cm³/mol. The van der Waals surface area contributed by atoms with Crippen LogP contribution in [0, 0.1) is 0 Å². The molecule has 0 radical (unpaired) electrons. The summed E-state index contributed by atoms with van der Waals surface area (Å²) < 4.78 is 46.2. The lowest BCUT2D eigenvalue weighted by molar-refractivity contribution is -0.272. The van der Waals surface area contributed by atoms with Crippen molar-refractivity contribution >= 4 is 5.97 Å². The van der Waals surface area contributed by atoms with Gasteiger partial charge in [-0.1, -0.05) is 158 Å². The van der Waals surface area contributed by atoms with Crippen LogP contribution >= 0.6 is 0 Å². The highest BCUT2D eigenvalue weighted by molar-refractivity contribution is 5.90. The van der Waals surface area contributed by atoms with Gasteiger partial charge in [-0.3, -0.25) is 0 Å². The molecule has 1 fully saturated rings. The summed E-state index contributed by atoms with van der Waals surface area (Å²) in [6.45, 7) is 4.05. The molecule has 8 heteroatoms. The average molecular weight is 793 g/mol. The normalized spacial score (nSPS) is 18.9. The van der Waals surface area contributed by atoms with Crippen LogP contribution in [0.5, 0.6) is 5.75 Å². The zero-order chi connectivity index (χ0) is 40.5. The molecule has 1 heterocycles. The Morgan fingerprint density at radius 2 is 0.949 bits per heavy atom. The molecule has 7 rings (SSSR count). The van der Waals surface area contributed by atoms with Gasteiger partial charge in [-0.25, -0.2) is 4.79 Å². The first-order valence-electron chi connectivity index (χ1n) is 20.3. The van der Waals surface area contributed by atoms with Gasteiger partial charge in [-0.05, 0) is 52.4 Å². The molecule has 0 bridgehead atoms. The quantitative estimate of drug-likeness (QED) is 0.0708. The number of hydrogen-bond acceptors (Lipinski definition) is 8. The third kappa shape index (κ3) is 12.2. The molecule has 6 aromatic rings. The van der Waals surface area contributed by atoms with Crippen molar-refractivity contribution in [1.82, 2.24) is 0 Å². The molecule has 0 spiro atoms. The molecule has 1 aliphatic heterocycles. The summed E-state index contributed by atoms with van der Waals surface area (Å²) in [5, 5.41) is 0. The molecule has 59 heavy (non-hydrogen) atoms. The number of hydrogen-bond donors (Lipinski definition) is 0. The zero-order valence-electron chi connectivity index (χ0n) is 33.5. The molecule has 0 unspecified atom stereocenters. The van der Waals surface area contributed by atoms with Crippen LogP contribution in [0.15, 0.2) is 170 Å². The van der Waals surface area contributed by atoms with Crippen LogP contribution in [0.1, 0.15) is 50.7 Å². The maximum Gasteiger partial charge on any atom is 0.338 e. The Labute approximate surface area is 347 Å². The van der Waals surface area contributed by atoms with E-state index in [1.54, 1.807) is 19.1 Å². The third-order valence-electron chi connectivity index (χ3n) is 10.2. The lowest BCUT2D eigenvalue weighted by atomic mass is 9.90. The molecule has 5 atom stereocenters. The van der Waals surface area contributed by atoms with Gasteiger partial charge >= 0.3 is 5.97 Å². The highest BCUT2D eigenvalue weighted by Gasteiger charge is 2.48. The fourth-order valence-corrected chi connectivity index (χ4v) is 7.20. The van der Waals surface area contributed by atoms with Crippen molar-refractivity contribution < 1.29 is 38.0 Å². The lowest BCUT2D eigenvalue weighted by Gasteiger charge is -2.46. The van der Waals surface area contributed by atoms with Crippen LogP contribution < -0.4 is 4.74 Å². The second kappa shape index (κ2) is 22.0. The van der Waals surface area contributed by atoms with E-state index in [4.69, 9.17) is 33.2 Å². The van der Waals surface area contributed by atoms with Crippen molar-refractivity contribution in [2.75, 3.05) is 13.2 Å². The van der Waals surface area contributed by atoms with Crippen molar-refractivity contribution in [2.45, 2.75) is 76.9 Å². The summed E-state index contributed by atoms with van der Waals surface area (Å²) in [6, 6.07) is 55.8. The van der Waals surface area contributed by atoms with E-state index in [0.29, 0.717) is 50.8 Å². The lowest BCUT2D eigenvalue weighted by Crippen LogP contribution is -2.61. The van der Waals surface area contributed by atoms with E-state index in [1.165, 1.54) is 0 Å². The number of carbonyl (C=O) groups is 1. The molecule has 6 aromatic carbocycles. The van der Waals surface area contributed by atoms with Gasteiger partial charge in [0.05, 0.1) is 51.3 Å². The molecule has 1 aliphatic rings. The first kappa shape index (κ1) is 41.5. The summed E-state index contributed by atoms with van der Waals surface area (Å²) >= 11 is 0. The minimum Gasteiger partial charge on any atom is -0.489 e. The first-order valence-corrected chi connectivity index (χ1v) is 20.3. The number of esters is 1. The minimum atomic E-state index is -0.586. The number of ether oxygens (including phenoxy) is 7. The van der Waals surface area contributed by atoms with Crippen LogP contribution in [0.4, 0.5) is 0 Å². The number of benzene rings is 6. The van der Waals surface area contributed by atoms with Gasteiger partial charge in [-0.15, -0.1) is 0 Å². The van der Waals surface area contributed by atoms with Gasteiger partial charge < -0.3 is 33.2 Å². The Morgan fingerprint density at radius 1 is 0.508 bits per heavy atom. The smallest absolute Gasteiger partial charge is 0.338 e. The van der Waals surface area contributed by atoms with Gasteiger partial charge in [0.2, 0.25) is 0 Å². The Bertz CT molecular complexity index is 2120. The second-order valence-electron chi connectivity index (χ2n) is 14.5. The Balaban J connectivity index is 1.25. The number of rotatable bonds is 20. The molecule has 1 saturated heterocycles. The van der Waals surface area contributed by atoms with Crippen LogP contribution in [0.25, 0.3) is 0 Å². The topological polar surface area (TPSA) is 81.7 Å². The molecular formula is C51H52O8. The Morgan fingerprint density at radius 3 is 1.44 bits per heavy atom. The maximum absolute atomic E-state index is 13.0. The SMILES string of the molecule is CCOC(=O)c1ccc(C[C@H]2O[C@H](COCc3ccccc3)[C@@H](OCc3ccccc3)[C@H](OCc3ccccc3)[C@H]2OCc2ccccc2)c(OCc2ccccc2)c1. The monoisotopic (exact) mass is 792 g/mol. The van der Waals surface area contributed by atoms with E-state index in [1.807, 2.05) is 146 Å².